The maximum Gasteiger partial charge on any atom is 0.103 e. The molecule has 21 heavy (non-hydrogen) atoms. The second-order valence-electron chi connectivity index (χ2n) is 5.02. The standard InChI is InChI=1S/C17H16N2S2/c1-19(14-8-6-12(7-9-14)17(18)20)10-13-11-21-16-5-3-2-4-15(13)16/h2-9,11H,10H2,1H3,(H2,18,20). The van der Waals surface area contributed by atoms with Gasteiger partial charge in [0.25, 0.3) is 0 Å². The summed E-state index contributed by atoms with van der Waals surface area (Å²) < 4.78 is 1.34. The van der Waals surface area contributed by atoms with Crippen molar-refractivity contribution in [2.45, 2.75) is 6.54 Å². The van der Waals surface area contributed by atoms with Crippen LogP contribution in [0.4, 0.5) is 5.69 Å². The molecule has 1 aromatic heterocycles. The molecule has 0 radical (unpaired) electrons. The minimum atomic E-state index is 0.438. The van der Waals surface area contributed by atoms with Gasteiger partial charge in [-0.25, -0.2) is 0 Å². The number of thiophene rings is 1. The highest BCUT2D eigenvalue weighted by molar-refractivity contribution is 7.80. The third-order valence-corrected chi connectivity index (χ3v) is 4.81. The zero-order valence-corrected chi connectivity index (χ0v) is 13.4. The fraction of sp³-hybridized carbons (Fsp3) is 0.118. The van der Waals surface area contributed by atoms with Crippen LogP contribution in [0, 0.1) is 0 Å². The molecule has 0 atom stereocenters. The third-order valence-electron chi connectivity index (χ3n) is 3.56. The van der Waals surface area contributed by atoms with E-state index < -0.39 is 0 Å². The van der Waals surface area contributed by atoms with Gasteiger partial charge in [-0.05, 0) is 46.7 Å². The Bertz CT molecular complexity index is 775. The van der Waals surface area contributed by atoms with E-state index in [9.17, 15) is 0 Å². The predicted octanol–water partition coefficient (Wildman–Crippen LogP) is 4.17. The van der Waals surface area contributed by atoms with Crippen molar-refractivity contribution in [2.75, 3.05) is 11.9 Å². The molecule has 0 saturated heterocycles. The molecule has 0 unspecified atom stereocenters. The van der Waals surface area contributed by atoms with Gasteiger partial charge in [0.15, 0.2) is 0 Å². The van der Waals surface area contributed by atoms with Gasteiger partial charge in [0.1, 0.15) is 4.99 Å². The fourth-order valence-electron chi connectivity index (χ4n) is 2.38. The van der Waals surface area contributed by atoms with Gasteiger partial charge in [-0.15, -0.1) is 11.3 Å². The molecule has 2 N–H and O–H groups in total. The van der Waals surface area contributed by atoms with Crippen molar-refractivity contribution in [3.63, 3.8) is 0 Å². The van der Waals surface area contributed by atoms with Crippen LogP contribution in [0.2, 0.25) is 0 Å². The molecule has 1 heterocycles. The molecule has 2 aromatic carbocycles. The van der Waals surface area contributed by atoms with Crippen LogP contribution in [-0.4, -0.2) is 12.0 Å². The summed E-state index contributed by atoms with van der Waals surface area (Å²) in [5.74, 6) is 0. The Morgan fingerprint density at radius 2 is 1.86 bits per heavy atom. The van der Waals surface area contributed by atoms with Gasteiger partial charge >= 0.3 is 0 Å². The minimum absolute atomic E-state index is 0.438. The van der Waals surface area contributed by atoms with E-state index in [4.69, 9.17) is 18.0 Å². The second kappa shape index (κ2) is 5.84. The molecule has 4 heteroatoms. The van der Waals surface area contributed by atoms with E-state index >= 15 is 0 Å². The maximum atomic E-state index is 5.63. The SMILES string of the molecule is CN(Cc1csc2ccccc12)c1ccc(C(N)=S)cc1. The molecule has 0 aliphatic heterocycles. The smallest absolute Gasteiger partial charge is 0.103 e. The zero-order chi connectivity index (χ0) is 14.8. The molecule has 3 aromatic rings. The molecule has 106 valence electrons. The molecule has 0 aliphatic rings. The van der Waals surface area contributed by atoms with Crippen LogP contribution in [0.3, 0.4) is 0 Å². The maximum absolute atomic E-state index is 5.63. The summed E-state index contributed by atoms with van der Waals surface area (Å²) in [4.78, 5) is 2.67. The lowest BCUT2D eigenvalue weighted by Gasteiger charge is -2.19. The van der Waals surface area contributed by atoms with E-state index in [-0.39, 0.29) is 0 Å². The lowest BCUT2D eigenvalue weighted by atomic mass is 10.1. The molecule has 3 rings (SSSR count). The second-order valence-corrected chi connectivity index (χ2v) is 6.38. The fourth-order valence-corrected chi connectivity index (χ4v) is 3.47. The number of fused-ring (bicyclic) bond motifs is 1. The van der Waals surface area contributed by atoms with Gasteiger partial charge in [-0.2, -0.15) is 0 Å². The number of thiocarbonyl (C=S) groups is 1. The number of hydrogen-bond donors (Lipinski definition) is 1. The van der Waals surface area contributed by atoms with E-state index in [0.717, 1.165) is 17.8 Å². The number of nitrogens with zero attached hydrogens (tertiary/aromatic N) is 1. The molecule has 2 nitrogen and oxygen atoms in total. The Kier molecular flexibility index (Phi) is 3.90. The summed E-state index contributed by atoms with van der Waals surface area (Å²) in [6, 6.07) is 16.6. The lowest BCUT2D eigenvalue weighted by Crippen LogP contribution is -2.16. The first-order valence-corrected chi connectivity index (χ1v) is 8.00. The van der Waals surface area contributed by atoms with Crippen molar-refractivity contribution < 1.29 is 0 Å². The monoisotopic (exact) mass is 312 g/mol. The van der Waals surface area contributed by atoms with Gasteiger partial charge in [-0.3, -0.25) is 0 Å². The predicted molar refractivity (Wildman–Crippen MR) is 96.3 cm³/mol. The first-order chi connectivity index (χ1) is 10.1. The summed E-state index contributed by atoms with van der Waals surface area (Å²) in [7, 11) is 2.10. The zero-order valence-electron chi connectivity index (χ0n) is 11.7. The summed E-state index contributed by atoms with van der Waals surface area (Å²) in [6.45, 7) is 0.885. The summed E-state index contributed by atoms with van der Waals surface area (Å²) >= 11 is 6.78. The van der Waals surface area contributed by atoms with E-state index in [1.165, 1.54) is 15.6 Å². The Balaban J connectivity index is 1.82. The van der Waals surface area contributed by atoms with Crippen LogP contribution < -0.4 is 10.6 Å². The van der Waals surface area contributed by atoms with Crippen LogP contribution in [0.15, 0.2) is 53.9 Å². The van der Waals surface area contributed by atoms with E-state index in [2.05, 4.69) is 53.7 Å². The first kappa shape index (κ1) is 14.0. The average Bonchev–Trinajstić information content (AvgIpc) is 2.91. The summed E-state index contributed by atoms with van der Waals surface area (Å²) in [5.41, 5.74) is 9.05. The first-order valence-electron chi connectivity index (χ1n) is 6.71. The van der Waals surface area contributed by atoms with Crippen molar-refractivity contribution in [1.82, 2.24) is 0 Å². The number of nitrogens with two attached hydrogens (primary N) is 1. The van der Waals surface area contributed by atoms with Gasteiger partial charge in [-0.1, -0.05) is 30.4 Å². The lowest BCUT2D eigenvalue weighted by molar-refractivity contribution is 0.934. The van der Waals surface area contributed by atoms with Crippen molar-refractivity contribution in [1.29, 1.82) is 0 Å². The molecule has 0 fully saturated rings. The topological polar surface area (TPSA) is 29.3 Å². The average molecular weight is 312 g/mol. The molecule has 0 spiro atoms. The molecule has 0 amide bonds. The van der Waals surface area contributed by atoms with Crippen LogP contribution in [-0.2, 0) is 6.54 Å². The van der Waals surface area contributed by atoms with Gasteiger partial charge < -0.3 is 10.6 Å². The Labute approximate surface area is 133 Å². The number of anilines is 1. The van der Waals surface area contributed by atoms with Crippen molar-refractivity contribution >= 4 is 44.3 Å². The van der Waals surface area contributed by atoms with Crippen molar-refractivity contribution in [2.24, 2.45) is 5.73 Å². The van der Waals surface area contributed by atoms with Crippen LogP contribution in [0.5, 0.6) is 0 Å². The van der Waals surface area contributed by atoms with E-state index in [0.29, 0.717) is 4.99 Å². The molecular formula is C17H16N2S2. The largest absolute Gasteiger partial charge is 0.389 e. The van der Waals surface area contributed by atoms with Crippen LogP contribution >= 0.6 is 23.6 Å². The quantitative estimate of drug-likeness (QED) is 0.733. The van der Waals surface area contributed by atoms with Crippen LogP contribution in [0.25, 0.3) is 10.1 Å². The van der Waals surface area contributed by atoms with Gasteiger partial charge in [0.2, 0.25) is 0 Å². The third kappa shape index (κ3) is 2.91. The molecular weight excluding hydrogens is 296 g/mol. The van der Waals surface area contributed by atoms with Crippen molar-refractivity contribution in [3.8, 4) is 0 Å². The number of rotatable bonds is 4. The van der Waals surface area contributed by atoms with E-state index in [1.807, 2.05) is 12.1 Å². The van der Waals surface area contributed by atoms with Gasteiger partial charge in [0.05, 0.1) is 0 Å². The number of benzene rings is 2. The highest BCUT2D eigenvalue weighted by Crippen LogP contribution is 2.27. The Hall–Kier alpha value is -1.91. The number of hydrogen-bond acceptors (Lipinski definition) is 3. The molecule has 0 bridgehead atoms. The minimum Gasteiger partial charge on any atom is -0.389 e. The Morgan fingerprint density at radius 3 is 2.57 bits per heavy atom. The summed E-state index contributed by atoms with van der Waals surface area (Å²) in [5, 5.41) is 3.58. The highest BCUT2D eigenvalue weighted by Gasteiger charge is 2.07. The molecule has 0 saturated carbocycles. The van der Waals surface area contributed by atoms with Gasteiger partial charge in [0, 0.05) is 29.5 Å². The highest BCUT2D eigenvalue weighted by atomic mass is 32.1. The van der Waals surface area contributed by atoms with Crippen LogP contribution in [0.1, 0.15) is 11.1 Å². The van der Waals surface area contributed by atoms with E-state index in [1.54, 1.807) is 11.3 Å². The van der Waals surface area contributed by atoms with Crippen molar-refractivity contribution in [3.05, 3.63) is 65.0 Å². The normalized spacial score (nSPS) is 10.7. The molecule has 0 aliphatic carbocycles. The summed E-state index contributed by atoms with van der Waals surface area (Å²) in [6.07, 6.45) is 0. The Morgan fingerprint density at radius 1 is 1.14 bits per heavy atom.